The Bertz CT molecular complexity index is 396. The van der Waals surface area contributed by atoms with Gasteiger partial charge in [-0.05, 0) is 49.4 Å². The first-order chi connectivity index (χ1) is 9.43. The number of fused-ring (bicyclic) bond motifs is 1. The number of benzene rings is 1. The molecule has 1 aromatic rings. The summed E-state index contributed by atoms with van der Waals surface area (Å²) in [5.74, 6) is 0.914. The van der Waals surface area contributed by atoms with Crippen LogP contribution >= 0.6 is 0 Å². The molecule has 1 aliphatic heterocycles. The highest BCUT2D eigenvalue weighted by Crippen LogP contribution is 2.26. The van der Waals surface area contributed by atoms with Gasteiger partial charge in [0.15, 0.2) is 0 Å². The molecule has 1 fully saturated rings. The van der Waals surface area contributed by atoms with E-state index in [0.717, 1.165) is 19.0 Å². The average molecular weight is 258 g/mol. The number of nitrogens with one attached hydrogen (secondary N) is 2. The maximum atomic E-state index is 3.85. The van der Waals surface area contributed by atoms with Crippen molar-refractivity contribution in [1.29, 1.82) is 0 Å². The molecule has 2 heteroatoms. The van der Waals surface area contributed by atoms with Crippen molar-refractivity contribution in [3.63, 3.8) is 0 Å². The van der Waals surface area contributed by atoms with Crippen LogP contribution in [0.4, 0.5) is 0 Å². The van der Waals surface area contributed by atoms with Crippen LogP contribution in [0.5, 0.6) is 0 Å². The zero-order valence-electron chi connectivity index (χ0n) is 11.8. The molecule has 0 saturated heterocycles. The third-order valence-corrected chi connectivity index (χ3v) is 4.73. The highest BCUT2D eigenvalue weighted by Gasteiger charge is 2.20. The van der Waals surface area contributed by atoms with Gasteiger partial charge < -0.3 is 10.6 Å². The summed E-state index contributed by atoms with van der Waals surface area (Å²) in [6.07, 6.45) is 8.40. The summed E-state index contributed by atoms with van der Waals surface area (Å²) in [4.78, 5) is 0. The predicted molar refractivity (Wildman–Crippen MR) is 80.1 cm³/mol. The standard InChI is InChI=1S/C17H26N2/c1-2-6-14(7-3-1)12-19-17-10-11-18-13-15-8-4-5-9-16(15)17/h4-5,8-9,14,17-19H,1-3,6-7,10-13H2. The second-order valence-electron chi connectivity index (χ2n) is 6.13. The van der Waals surface area contributed by atoms with Gasteiger partial charge in [-0.2, -0.15) is 0 Å². The fraction of sp³-hybridized carbons (Fsp3) is 0.647. The minimum atomic E-state index is 0.549. The van der Waals surface area contributed by atoms with E-state index in [4.69, 9.17) is 0 Å². The molecule has 0 amide bonds. The summed E-state index contributed by atoms with van der Waals surface area (Å²) in [5.41, 5.74) is 2.99. The number of hydrogen-bond donors (Lipinski definition) is 2. The summed E-state index contributed by atoms with van der Waals surface area (Å²) in [6, 6.07) is 9.46. The average Bonchev–Trinajstić information content (AvgIpc) is 2.68. The van der Waals surface area contributed by atoms with E-state index in [1.165, 1.54) is 56.2 Å². The largest absolute Gasteiger partial charge is 0.313 e. The lowest BCUT2D eigenvalue weighted by atomic mass is 9.88. The van der Waals surface area contributed by atoms with E-state index in [1.807, 2.05) is 0 Å². The topological polar surface area (TPSA) is 24.1 Å². The lowest BCUT2D eigenvalue weighted by molar-refractivity contribution is 0.324. The van der Waals surface area contributed by atoms with Crippen LogP contribution in [0, 0.1) is 5.92 Å². The molecule has 19 heavy (non-hydrogen) atoms. The summed E-state index contributed by atoms with van der Waals surface area (Å²) < 4.78 is 0. The number of hydrogen-bond acceptors (Lipinski definition) is 2. The highest BCUT2D eigenvalue weighted by molar-refractivity contribution is 5.30. The molecule has 2 aliphatic rings. The molecule has 1 aliphatic carbocycles. The highest BCUT2D eigenvalue weighted by atomic mass is 14.9. The van der Waals surface area contributed by atoms with Crippen LogP contribution in [-0.4, -0.2) is 13.1 Å². The van der Waals surface area contributed by atoms with Gasteiger partial charge >= 0.3 is 0 Å². The molecular formula is C17H26N2. The third kappa shape index (κ3) is 3.37. The molecule has 3 rings (SSSR count). The van der Waals surface area contributed by atoms with Crippen molar-refractivity contribution >= 4 is 0 Å². The SMILES string of the molecule is c1ccc2c(c1)CNCCC2NCC1CCCCC1. The lowest BCUT2D eigenvalue weighted by Crippen LogP contribution is -2.29. The van der Waals surface area contributed by atoms with Crippen molar-refractivity contribution in [2.45, 2.75) is 51.1 Å². The first-order valence-corrected chi connectivity index (χ1v) is 7.95. The van der Waals surface area contributed by atoms with E-state index in [2.05, 4.69) is 34.9 Å². The van der Waals surface area contributed by atoms with Crippen LogP contribution < -0.4 is 10.6 Å². The van der Waals surface area contributed by atoms with Gasteiger partial charge in [0.1, 0.15) is 0 Å². The first-order valence-electron chi connectivity index (χ1n) is 7.95. The molecule has 1 unspecified atom stereocenters. The Morgan fingerprint density at radius 2 is 1.89 bits per heavy atom. The minimum Gasteiger partial charge on any atom is -0.313 e. The van der Waals surface area contributed by atoms with E-state index in [0.29, 0.717) is 6.04 Å². The normalized spacial score (nSPS) is 24.7. The Morgan fingerprint density at radius 3 is 2.79 bits per heavy atom. The molecule has 0 bridgehead atoms. The second-order valence-corrected chi connectivity index (χ2v) is 6.13. The zero-order chi connectivity index (χ0) is 12.9. The van der Waals surface area contributed by atoms with Gasteiger partial charge in [0.2, 0.25) is 0 Å². The Kier molecular flexibility index (Phi) is 4.52. The van der Waals surface area contributed by atoms with E-state index >= 15 is 0 Å². The molecule has 0 spiro atoms. The van der Waals surface area contributed by atoms with E-state index in [9.17, 15) is 0 Å². The van der Waals surface area contributed by atoms with Crippen LogP contribution in [0.25, 0.3) is 0 Å². The van der Waals surface area contributed by atoms with Crippen molar-refractivity contribution in [3.8, 4) is 0 Å². The molecule has 0 aromatic heterocycles. The van der Waals surface area contributed by atoms with E-state index in [-0.39, 0.29) is 0 Å². The van der Waals surface area contributed by atoms with Crippen LogP contribution in [0.1, 0.15) is 55.7 Å². The van der Waals surface area contributed by atoms with Crippen LogP contribution in [-0.2, 0) is 6.54 Å². The van der Waals surface area contributed by atoms with Gasteiger partial charge in [-0.25, -0.2) is 0 Å². The monoisotopic (exact) mass is 258 g/mol. The van der Waals surface area contributed by atoms with Gasteiger partial charge in [0.05, 0.1) is 0 Å². The van der Waals surface area contributed by atoms with Gasteiger partial charge in [0.25, 0.3) is 0 Å². The Morgan fingerprint density at radius 1 is 1.05 bits per heavy atom. The maximum Gasteiger partial charge on any atom is 0.0335 e. The molecule has 104 valence electrons. The van der Waals surface area contributed by atoms with Gasteiger partial charge in [-0.1, -0.05) is 43.5 Å². The summed E-state index contributed by atoms with van der Waals surface area (Å²) >= 11 is 0. The Hall–Kier alpha value is -0.860. The third-order valence-electron chi connectivity index (χ3n) is 4.73. The molecule has 1 saturated carbocycles. The smallest absolute Gasteiger partial charge is 0.0335 e. The van der Waals surface area contributed by atoms with E-state index < -0.39 is 0 Å². The van der Waals surface area contributed by atoms with Crippen molar-refractivity contribution in [2.24, 2.45) is 5.92 Å². The number of rotatable bonds is 3. The molecule has 1 atom stereocenters. The van der Waals surface area contributed by atoms with Crippen molar-refractivity contribution in [1.82, 2.24) is 10.6 Å². The van der Waals surface area contributed by atoms with Crippen molar-refractivity contribution in [2.75, 3.05) is 13.1 Å². The fourth-order valence-electron chi connectivity index (χ4n) is 3.57. The second kappa shape index (κ2) is 6.53. The molecular weight excluding hydrogens is 232 g/mol. The molecule has 0 radical (unpaired) electrons. The van der Waals surface area contributed by atoms with E-state index in [1.54, 1.807) is 0 Å². The molecule has 2 nitrogen and oxygen atoms in total. The quantitative estimate of drug-likeness (QED) is 0.868. The summed E-state index contributed by atoms with van der Waals surface area (Å²) in [7, 11) is 0. The molecule has 1 heterocycles. The van der Waals surface area contributed by atoms with Crippen LogP contribution in [0.15, 0.2) is 24.3 Å². The lowest BCUT2D eigenvalue weighted by Gasteiger charge is -2.26. The minimum absolute atomic E-state index is 0.549. The first kappa shape index (κ1) is 13.1. The van der Waals surface area contributed by atoms with Gasteiger partial charge in [-0.15, -0.1) is 0 Å². The Balaban J connectivity index is 1.63. The van der Waals surface area contributed by atoms with Gasteiger partial charge in [0, 0.05) is 12.6 Å². The van der Waals surface area contributed by atoms with Crippen LogP contribution in [0.3, 0.4) is 0 Å². The Labute approximate surface area is 117 Å². The van der Waals surface area contributed by atoms with Crippen molar-refractivity contribution in [3.05, 3.63) is 35.4 Å². The molecule has 1 aromatic carbocycles. The fourth-order valence-corrected chi connectivity index (χ4v) is 3.57. The maximum absolute atomic E-state index is 3.85. The zero-order valence-corrected chi connectivity index (χ0v) is 11.8. The predicted octanol–water partition coefficient (Wildman–Crippen LogP) is 3.39. The van der Waals surface area contributed by atoms with Gasteiger partial charge in [-0.3, -0.25) is 0 Å². The summed E-state index contributed by atoms with van der Waals surface area (Å²) in [5, 5.41) is 7.38. The summed E-state index contributed by atoms with van der Waals surface area (Å²) in [6.45, 7) is 3.35. The van der Waals surface area contributed by atoms with Crippen molar-refractivity contribution < 1.29 is 0 Å². The molecule has 2 N–H and O–H groups in total. The van der Waals surface area contributed by atoms with Crippen LogP contribution in [0.2, 0.25) is 0 Å².